The topological polar surface area (TPSA) is 19.6 Å². The van der Waals surface area contributed by atoms with Crippen molar-refractivity contribution in [2.45, 2.75) is 129 Å². The minimum Gasteiger partial charge on any atom is -0.456 e. The van der Waals surface area contributed by atoms with Gasteiger partial charge in [0.1, 0.15) is 11.2 Å². The van der Waals surface area contributed by atoms with Crippen LogP contribution in [0, 0.1) is 6.92 Å². The molecule has 9 aromatic rings. The van der Waals surface area contributed by atoms with Gasteiger partial charge in [0.25, 0.3) is 6.71 Å². The minimum absolute atomic E-state index is 0.0528. The van der Waals surface area contributed by atoms with Crippen LogP contribution in [0.25, 0.3) is 42.8 Å². The van der Waals surface area contributed by atoms with Gasteiger partial charge in [-0.2, -0.15) is 0 Å². The number of anilines is 6. The fourth-order valence-electron chi connectivity index (χ4n) is 13.0. The Labute approximate surface area is 400 Å². The normalized spacial score (nSPS) is 18.4. The highest BCUT2D eigenvalue weighted by Gasteiger charge is 2.47. The highest BCUT2D eigenvalue weighted by Crippen LogP contribution is 2.55. The number of aryl methyl sites for hydroxylation is 1. The van der Waals surface area contributed by atoms with Crippen LogP contribution in [-0.2, 0) is 21.7 Å². The molecule has 0 fully saturated rings. The van der Waals surface area contributed by atoms with E-state index >= 15 is 0 Å². The molecule has 67 heavy (non-hydrogen) atoms. The van der Waals surface area contributed by atoms with Crippen LogP contribution in [0.1, 0.15) is 134 Å². The smallest absolute Gasteiger partial charge is 0.264 e. The van der Waals surface area contributed by atoms with E-state index in [1.165, 1.54) is 124 Å². The van der Waals surface area contributed by atoms with Crippen molar-refractivity contribution in [2.75, 3.05) is 9.80 Å². The molecule has 4 aliphatic rings. The number of nitrogens with zero attached hydrogens (tertiary/aromatic N) is 2. The summed E-state index contributed by atoms with van der Waals surface area (Å²) in [5.41, 5.74) is 21.2. The fourth-order valence-corrected chi connectivity index (χ4v) is 14.3. The standard InChI is InChI=1S/C62H61BN2OS/c1-35(2)37-19-22-47-49(30-37)65(48-17-14-18-52-55(48)41-29-38-15-12-13-16-39(38)31-53(41)66-52)51-28-36(3)27-50-56(51)63(47)58-57(42-33-45-46(34-54(42)67-58)62(10,11)26-25-61(45,8)9)64(50)40-20-21-43-44(32-40)60(6,7)24-23-59(43,4)5/h12-22,27-35H,23-26H2,1-11H3. The Bertz CT molecular complexity index is 3620. The summed E-state index contributed by atoms with van der Waals surface area (Å²) < 4.78 is 9.64. The third-order valence-corrected chi connectivity index (χ3v) is 18.4. The van der Waals surface area contributed by atoms with Crippen molar-refractivity contribution >= 4 is 111 Å². The first-order valence-electron chi connectivity index (χ1n) is 24.9. The van der Waals surface area contributed by atoms with Crippen molar-refractivity contribution in [3.63, 3.8) is 0 Å². The van der Waals surface area contributed by atoms with Crippen LogP contribution in [0.5, 0.6) is 0 Å². The highest BCUT2D eigenvalue weighted by molar-refractivity contribution is 7.33. The summed E-state index contributed by atoms with van der Waals surface area (Å²) in [6, 6.07) is 45.1. The molecular weight excluding hydrogens is 832 g/mol. The van der Waals surface area contributed by atoms with E-state index in [4.69, 9.17) is 4.42 Å². The predicted octanol–water partition coefficient (Wildman–Crippen LogP) is 16.2. The van der Waals surface area contributed by atoms with Gasteiger partial charge >= 0.3 is 0 Å². The van der Waals surface area contributed by atoms with Gasteiger partial charge in [-0.1, -0.05) is 118 Å². The van der Waals surface area contributed by atoms with Crippen molar-refractivity contribution < 1.29 is 4.42 Å². The highest BCUT2D eigenvalue weighted by atomic mass is 32.1. The molecule has 0 radical (unpaired) electrons. The Kier molecular flexibility index (Phi) is 8.46. The van der Waals surface area contributed by atoms with E-state index in [0.717, 1.165) is 27.6 Å². The van der Waals surface area contributed by atoms with Crippen LogP contribution in [0.2, 0.25) is 0 Å². The van der Waals surface area contributed by atoms with Crippen molar-refractivity contribution in [2.24, 2.45) is 0 Å². The Morgan fingerprint density at radius 2 is 1.19 bits per heavy atom. The summed E-state index contributed by atoms with van der Waals surface area (Å²) in [6.45, 7) is 26.7. The molecule has 13 rings (SSSR count). The molecule has 2 aromatic heterocycles. The monoisotopic (exact) mass is 892 g/mol. The first kappa shape index (κ1) is 41.4. The van der Waals surface area contributed by atoms with Gasteiger partial charge in [-0.15, -0.1) is 11.3 Å². The molecular formula is C62H61BN2OS. The van der Waals surface area contributed by atoms with Gasteiger partial charge in [-0.25, -0.2) is 0 Å². The molecule has 0 saturated heterocycles. The lowest BCUT2D eigenvalue weighted by Gasteiger charge is -2.45. The summed E-state index contributed by atoms with van der Waals surface area (Å²) in [5.74, 6) is 0.372. The molecule has 0 spiro atoms. The average molecular weight is 893 g/mol. The molecule has 0 N–H and O–H groups in total. The lowest BCUT2D eigenvalue weighted by molar-refractivity contribution is 0.332. The van der Waals surface area contributed by atoms with E-state index in [0.29, 0.717) is 5.92 Å². The first-order valence-corrected chi connectivity index (χ1v) is 25.7. The van der Waals surface area contributed by atoms with Crippen molar-refractivity contribution in [1.82, 2.24) is 0 Å². The quantitative estimate of drug-likeness (QED) is 0.165. The number of thiophene rings is 1. The van der Waals surface area contributed by atoms with Crippen LogP contribution in [0.3, 0.4) is 0 Å². The van der Waals surface area contributed by atoms with Crippen LogP contribution in [0.15, 0.2) is 120 Å². The van der Waals surface area contributed by atoms with Crippen LogP contribution >= 0.6 is 11.3 Å². The van der Waals surface area contributed by atoms with Gasteiger partial charge in [-0.05, 0) is 182 Å². The summed E-state index contributed by atoms with van der Waals surface area (Å²) in [6.07, 6.45) is 4.76. The van der Waals surface area contributed by atoms with Gasteiger partial charge in [0, 0.05) is 43.0 Å². The second kappa shape index (κ2) is 13.7. The predicted molar refractivity (Wildman–Crippen MR) is 290 cm³/mol. The fraction of sp³-hybridized carbons (Fsp3) is 0.323. The molecule has 2 aliphatic carbocycles. The van der Waals surface area contributed by atoms with Gasteiger partial charge in [0.15, 0.2) is 0 Å². The zero-order valence-corrected chi connectivity index (χ0v) is 42.0. The second-order valence-corrected chi connectivity index (χ2v) is 24.8. The number of fused-ring (bicyclic) bond motifs is 12. The summed E-state index contributed by atoms with van der Waals surface area (Å²) >= 11 is 2.05. The third kappa shape index (κ3) is 5.82. The third-order valence-electron chi connectivity index (χ3n) is 17.1. The molecule has 4 heterocycles. The van der Waals surface area contributed by atoms with E-state index in [1.807, 2.05) is 11.3 Å². The van der Waals surface area contributed by atoms with Crippen LogP contribution in [0.4, 0.5) is 34.1 Å². The maximum Gasteiger partial charge on any atom is 0.264 e. The Morgan fingerprint density at radius 3 is 1.90 bits per heavy atom. The maximum atomic E-state index is 6.80. The lowest BCUT2D eigenvalue weighted by Crippen LogP contribution is -2.60. The van der Waals surface area contributed by atoms with E-state index in [1.54, 1.807) is 0 Å². The summed E-state index contributed by atoms with van der Waals surface area (Å²) in [4.78, 5) is 5.34. The van der Waals surface area contributed by atoms with E-state index in [-0.39, 0.29) is 28.4 Å². The second-order valence-electron chi connectivity index (χ2n) is 23.7. The van der Waals surface area contributed by atoms with Crippen LogP contribution in [-0.4, -0.2) is 6.71 Å². The minimum atomic E-state index is 0.0528. The molecule has 0 bridgehead atoms. The van der Waals surface area contributed by atoms with Gasteiger partial charge in [0.2, 0.25) is 0 Å². The number of hydrogen-bond acceptors (Lipinski definition) is 4. The van der Waals surface area contributed by atoms with Crippen molar-refractivity contribution in [1.29, 1.82) is 0 Å². The Hall–Kier alpha value is -5.78. The Balaban J connectivity index is 1.15. The molecule has 3 nitrogen and oxygen atoms in total. The zero-order chi connectivity index (χ0) is 46.3. The molecule has 2 aliphatic heterocycles. The zero-order valence-electron chi connectivity index (χ0n) is 41.2. The number of benzene rings is 7. The average Bonchev–Trinajstić information content (AvgIpc) is 3.85. The molecule has 0 amide bonds. The van der Waals surface area contributed by atoms with Crippen LogP contribution < -0.4 is 25.5 Å². The lowest BCUT2D eigenvalue weighted by atomic mass is 9.36. The Morgan fingerprint density at radius 1 is 0.552 bits per heavy atom. The number of furan rings is 1. The molecule has 0 saturated carbocycles. The molecule has 0 unspecified atom stereocenters. The molecule has 5 heteroatoms. The largest absolute Gasteiger partial charge is 0.456 e. The van der Waals surface area contributed by atoms with Gasteiger partial charge < -0.3 is 14.2 Å². The summed E-state index contributed by atoms with van der Waals surface area (Å²) in [5, 5.41) is 6.11. The van der Waals surface area contributed by atoms with E-state index in [2.05, 4.69) is 201 Å². The number of hydrogen-bond donors (Lipinski definition) is 0. The van der Waals surface area contributed by atoms with Gasteiger partial charge in [0.05, 0.1) is 16.8 Å². The van der Waals surface area contributed by atoms with E-state index in [9.17, 15) is 0 Å². The number of rotatable bonds is 3. The SMILES string of the molecule is Cc1cc2c3c(c1)N(c1cccc4oc5cc6ccccc6cc5c14)c1cc(C(C)C)ccc1B3c1sc3cc4c(cc3c1N2c1ccc2c(c1)C(C)(C)CCC2(C)C)C(C)(C)CCC4(C)C. The van der Waals surface area contributed by atoms with Crippen molar-refractivity contribution in [3.8, 4) is 0 Å². The van der Waals surface area contributed by atoms with E-state index < -0.39 is 0 Å². The van der Waals surface area contributed by atoms with Gasteiger partial charge in [-0.3, -0.25) is 0 Å². The molecule has 334 valence electrons. The van der Waals surface area contributed by atoms with Crippen molar-refractivity contribution in [3.05, 3.63) is 149 Å². The first-order chi connectivity index (χ1) is 31.9. The molecule has 7 aromatic carbocycles. The summed E-state index contributed by atoms with van der Waals surface area (Å²) in [7, 11) is 0. The molecule has 0 atom stereocenters. The maximum absolute atomic E-state index is 6.80.